The molecule has 18 heavy (non-hydrogen) atoms. The molecule has 2 aromatic rings. The van der Waals surface area contributed by atoms with Crippen molar-refractivity contribution in [2.75, 3.05) is 5.43 Å². The Balaban J connectivity index is 2.20. The van der Waals surface area contributed by atoms with Gasteiger partial charge >= 0.3 is 0 Å². The molecule has 2 rings (SSSR count). The lowest BCUT2D eigenvalue weighted by atomic mass is 10.3. The summed E-state index contributed by atoms with van der Waals surface area (Å²) in [6.07, 6.45) is 0. The molecule has 6 heteroatoms. The summed E-state index contributed by atoms with van der Waals surface area (Å²) < 4.78 is 31.3. The molecular formula is C12H11N2O3S. The number of rotatable bonds is 4. The molecule has 0 heterocycles. The first kappa shape index (κ1) is 12.4. The van der Waals surface area contributed by atoms with Crippen molar-refractivity contribution in [1.29, 1.82) is 0 Å². The van der Waals surface area contributed by atoms with E-state index in [4.69, 9.17) is 4.55 Å². The SMILES string of the molecule is O=S(=O)(O)c1ccccc1[N]Nc1ccccc1. The average molecular weight is 263 g/mol. The van der Waals surface area contributed by atoms with Gasteiger partial charge in [-0.2, -0.15) is 13.8 Å². The highest BCUT2D eigenvalue weighted by atomic mass is 32.2. The molecule has 1 radical (unpaired) electrons. The van der Waals surface area contributed by atoms with Crippen LogP contribution in [0.25, 0.3) is 0 Å². The van der Waals surface area contributed by atoms with E-state index in [0.717, 1.165) is 5.69 Å². The zero-order chi connectivity index (χ0) is 13.0. The van der Waals surface area contributed by atoms with Crippen molar-refractivity contribution in [2.24, 2.45) is 0 Å². The summed E-state index contributed by atoms with van der Waals surface area (Å²) >= 11 is 0. The fourth-order valence-electron chi connectivity index (χ4n) is 1.41. The third kappa shape index (κ3) is 2.99. The molecule has 0 saturated carbocycles. The molecule has 0 amide bonds. The fraction of sp³-hybridized carbons (Fsp3) is 0. The van der Waals surface area contributed by atoms with Gasteiger partial charge in [0.15, 0.2) is 0 Å². The van der Waals surface area contributed by atoms with Gasteiger partial charge in [-0.1, -0.05) is 30.3 Å². The van der Waals surface area contributed by atoms with Crippen LogP contribution in [0.5, 0.6) is 0 Å². The Labute approximate surface area is 105 Å². The van der Waals surface area contributed by atoms with Crippen molar-refractivity contribution in [3.63, 3.8) is 0 Å². The van der Waals surface area contributed by atoms with E-state index in [-0.39, 0.29) is 10.6 Å². The van der Waals surface area contributed by atoms with Crippen molar-refractivity contribution in [1.82, 2.24) is 5.43 Å². The maximum absolute atomic E-state index is 11.1. The Bertz CT molecular complexity index is 627. The minimum atomic E-state index is -4.27. The van der Waals surface area contributed by atoms with Crippen molar-refractivity contribution in [2.45, 2.75) is 4.90 Å². The monoisotopic (exact) mass is 263 g/mol. The van der Waals surface area contributed by atoms with E-state index in [0.29, 0.717) is 0 Å². The first-order chi connectivity index (χ1) is 8.57. The van der Waals surface area contributed by atoms with E-state index in [1.54, 1.807) is 18.2 Å². The lowest BCUT2D eigenvalue weighted by Gasteiger charge is -2.08. The zero-order valence-corrected chi connectivity index (χ0v) is 10.1. The fourth-order valence-corrected chi connectivity index (χ4v) is 2.03. The second kappa shape index (κ2) is 5.07. The molecule has 93 valence electrons. The lowest BCUT2D eigenvalue weighted by Crippen LogP contribution is -2.11. The van der Waals surface area contributed by atoms with Crippen molar-refractivity contribution >= 4 is 21.5 Å². The minimum Gasteiger partial charge on any atom is -0.282 e. The third-order valence-electron chi connectivity index (χ3n) is 2.22. The van der Waals surface area contributed by atoms with Crippen LogP contribution in [0.3, 0.4) is 0 Å². The van der Waals surface area contributed by atoms with E-state index >= 15 is 0 Å². The molecule has 0 aliphatic heterocycles. The second-order valence-corrected chi connectivity index (χ2v) is 4.92. The first-order valence-corrected chi connectivity index (χ1v) is 6.60. The molecule has 0 atom stereocenters. The van der Waals surface area contributed by atoms with Gasteiger partial charge in [-0.15, -0.1) is 0 Å². The van der Waals surface area contributed by atoms with Crippen LogP contribution in [0.1, 0.15) is 0 Å². The molecule has 2 aromatic carbocycles. The highest BCUT2D eigenvalue weighted by Gasteiger charge is 2.15. The Morgan fingerprint density at radius 1 is 0.944 bits per heavy atom. The van der Waals surface area contributed by atoms with Gasteiger partial charge in [0, 0.05) is 0 Å². The lowest BCUT2D eigenvalue weighted by molar-refractivity contribution is 0.483. The molecule has 2 N–H and O–H groups in total. The maximum atomic E-state index is 11.1. The molecule has 0 fully saturated rings. The van der Waals surface area contributed by atoms with Gasteiger partial charge in [0.2, 0.25) is 0 Å². The van der Waals surface area contributed by atoms with Crippen LogP contribution in [0, 0.1) is 0 Å². The number of nitrogens with zero attached hydrogens (tertiary/aromatic N) is 1. The zero-order valence-electron chi connectivity index (χ0n) is 9.32. The smallest absolute Gasteiger partial charge is 0.282 e. The van der Waals surface area contributed by atoms with E-state index in [1.807, 2.05) is 18.2 Å². The van der Waals surface area contributed by atoms with E-state index < -0.39 is 10.1 Å². The van der Waals surface area contributed by atoms with Gasteiger partial charge in [0.05, 0.1) is 5.69 Å². The molecule has 0 saturated heterocycles. The van der Waals surface area contributed by atoms with Gasteiger partial charge in [0.25, 0.3) is 10.1 Å². The minimum absolute atomic E-state index is 0.156. The molecule has 5 nitrogen and oxygen atoms in total. The highest BCUT2D eigenvalue weighted by molar-refractivity contribution is 7.86. The largest absolute Gasteiger partial charge is 0.296 e. The van der Waals surface area contributed by atoms with Gasteiger partial charge in [-0.25, -0.2) is 0 Å². The molecule has 0 aliphatic carbocycles. The number of anilines is 1. The van der Waals surface area contributed by atoms with E-state index in [1.165, 1.54) is 18.2 Å². The van der Waals surface area contributed by atoms with Crippen molar-refractivity contribution < 1.29 is 13.0 Å². The highest BCUT2D eigenvalue weighted by Crippen LogP contribution is 2.20. The quantitative estimate of drug-likeness (QED) is 0.654. The van der Waals surface area contributed by atoms with Crippen LogP contribution in [0.4, 0.5) is 11.4 Å². The average Bonchev–Trinajstić information content (AvgIpc) is 2.37. The topological polar surface area (TPSA) is 80.5 Å². The van der Waals surface area contributed by atoms with Crippen LogP contribution in [-0.2, 0) is 10.1 Å². The predicted octanol–water partition coefficient (Wildman–Crippen LogP) is 2.20. The number of para-hydroxylation sites is 2. The van der Waals surface area contributed by atoms with Crippen LogP contribution in [-0.4, -0.2) is 13.0 Å². The Morgan fingerprint density at radius 2 is 1.56 bits per heavy atom. The van der Waals surface area contributed by atoms with Gasteiger partial charge < -0.3 is 0 Å². The van der Waals surface area contributed by atoms with Crippen LogP contribution in [0.15, 0.2) is 59.5 Å². The molecule has 0 spiro atoms. The Morgan fingerprint density at radius 3 is 2.22 bits per heavy atom. The predicted molar refractivity (Wildman–Crippen MR) is 68.1 cm³/mol. The summed E-state index contributed by atoms with van der Waals surface area (Å²) in [7, 11) is -4.27. The summed E-state index contributed by atoms with van der Waals surface area (Å²) in [6.45, 7) is 0. The van der Waals surface area contributed by atoms with Gasteiger partial charge in [0.1, 0.15) is 10.6 Å². The Hall–Kier alpha value is -2.05. The van der Waals surface area contributed by atoms with Crippen LogP contribution < -0.4 is 10.9 Å². The number of benzene rings is 2. The van der Waals surface area contributed by atoms with Crippen LogP contribution in [0.2, 0.25) is 0 Å². The van der Waals surface area contributed by atoms with Crippen molar-refractivity contribution in [3.05, 3.63) is 54.6 Å². The number of hydrogen-bond donors (Lipinski definition) is 2. The van der Waals surface area contributed by atoms with Crippen molar-refractivity contribution in [3.8, 4) is 0 Å². The van der Waals surface area contributed by atoms with Crippen LogP contribution >= 0.6 is 0 Å². The molecule has 0 bridgehead atoms. The maximum Gasteiger partial charge on any atom is 0.296 e. The van der Waals surface area contributed by atoms with Gasteiger partial charge in [-0.3, -0.25) is 9.98 Å². The second-order valence-electron chi connectivity index (χ2n) is 3.53. The van der Waals surface area contributed by atoms with E-state index in [9.17, 15) is 8.42 Å². The molecule has 0 aliphatic rings. The summed E-state index contributed by atoms with van der Waals surface area (Å²) in [5, 5.41) is 0. The standard InChI is InChI=1S/C12H11N2O3S/c15-18(16,17)12-9-5-4-8-11(12)14-13-10-6-2-1-3-7-10/h1-9,13H,(H,15,16,17). The summed E-state index contributed by atoms with van der Waals surface area (Å²) in [5.41, 5.74) is 7.56. The molecule has 0 aromatic heterocycles. The molecular weight excluding hydrogens is 252 g/mol. The normalized spacial score (nSPS) is 10.9. The summed E-state index contributed by atoms with van der Waals surface area (Å²) in [4.78, 5) is -0.228. The number of nitrogens with one attached hydrogen (secondary N) is 1. The summed E-state index contributed by atoms with van der Waals surface area (Å²) in [6, 6.07) is 15.0. The summed E-state index contributed by atoms with van der Waals surface area (Å²) in [5.74, 6) is 0. The third-order valence-corrected chi connectivity index (χ3v) is 3.12. The molecule has 0 unspecified atom stereocenters. The Kier molecular flexibility index (Phi) is 3.50. The van der Waals surface area contributed by atoms with Gasteiger partial charge in [-0.05, 0) is 24.3 Å². The van der Waals surface area contributed by atoms with E-state index in [2.05, 4.69) is 10.9 Å². The first-order valence-electron chi connectivity index (χ1n) is 5.16. The number of hydrogen-bond acceptors (Lipinski definition) is 3.